The molecule has 1 N–H and O–H groups in total. The molecule has 0 unspecified atom stereocenters. The highest BCUT2D eigenvalue weighted by atomic mass is 35.5. The Kier molecular flexibility index (Phi) is 6.51. The summed E-state index contributed by atoms with van der Waals surface area (Å²) in [4.78, 5) is 1.53. The van der Waals surface area contributed by atoms with Gasteiger partial charge in [-0.2, -0.15) is 5.10 Å². The van der Waals surface area contributed by atoms with Gasteiger partial charge >= 0.3 is 0 Å². The van der Waals surface area contributed by atoms with Gasteiger partial charge < -0.3 is 4.90 Å². The molecule has 1 fully saturated rings. The monoisotopic (exact) mass is 374 g/mol. The molecule has 0 atom stereocenters. The van der Waals surface area contributed by atoms with E-state index < -0.39 is 0 Å². The lowest BCUT2D eigenvalue weighted by Gasteiger charge is -2.30. The number of rotatable bonds is 5. The first-order chi connectivity index (χ1) is 12.2. The molecular formula is C20H22Cl2N3+. The van der Waals surface area contributed by atoms with Gasteiger partial charge in [0.1, 0.15) is 6.54 Å². The number of nitrogens with zero attached hydrogens (tertiary/aromatic N) is 2. The van der Waals surface area contributed by atoms with Crippen LogP contribution in [0.2, 0.25) is 5.02 Å². The number of benzene rings is 2. The van der Waals surface area contributed by atoms with Crippen LogP contribution in [0.1, 0.15) is 11.1 Å². The van der Waals surface area contributed by atoms with E-state index in [1.807, 2.05) is 54.6 Å². The van der Waals surface area contributed by atoms with Crippen molar-refractivity contribution < 1.29 is 4.90 Å². The minimum atomic E-state index is 0.636. The maximum atomic E-state index is 6.26. The van der Waals surface area contributed by atoms with Gasteiger partial charge in [-0.25, -0.2) is 0 Å². The molecule has 1 aliphatic rings. The number of halogens is 2. The standard InChI is InChI=1S/C20H21Cl2N3/c21-19(14-17-6-2-1-3-7-17)15-23-25-12-10-24(11-13-25)16-18-8-4-5-9-20(18)22/h1-9,14-15H,10-13,16H2/p+1/b19-14-,23-15?. The predicted octanol–water partition coefficient (Wildman–Crippen LogP) is 3.31. The van der Waals surface area contributed by atoms with Crippen LogP contribution in [0.5, 0.6) is 0 Å². The quantitative estimate of drug-likeness (QED) is 0.795. The van der Waals surface area contributed by atoms with Crippen LogP contribution in [0.25, 0.3) is 6.08 Å². The topological polar surface area (TPSA) is 20.0 Å². The maximum Gasteiger partial charge on any atom is 0.104 e. The molecule has 0 saturated carbocycles. The molecule has 1 saturated heterocycles. The predicted molar refractivity (Wildman–Crippen MR) is 106 cm³/mol. The number of allylic oxidation sites excluding steroid dienone is 1. The van der Waals surface area contributed by atoms with Gasteiger partial charge in [0.2, 0.25) is 0 Å². The van der Waals surface area contributed by atoms with E-state index >= 15 is 0 Å². The fraction of sp³-hybridized carbons (Fsp3) is 0.250. The van der Waals surface area contributed by atoms with Gasteiger partial charge in [0.15, 0.2) is 0 Å². The first-order valence-electron chi connectivity index (χ1n) is 8.49. The van der Waals surface area contributed by atoms with Crippen molar-refractivity contribution in [3.8, 4) is 0 Å². The Bertz CT molecular complexity index is 736. The van der Waals surface area contributed by atoms with Crippen molar-refractivity contribution in [3.05, 3.63) is 75.8 Å². The van der Waals surface area contributed by atoms with Crippen LogP contribution in [0.15, 0.2) is 64.7 Å². The third kappa shape index (κ3) is 5.60. The number of quaternary nitrogens is 1. The van der Waals surface area contributed by atoms with Gasteiger partial charge in [-0.3, -0.25) is 5.01 Å². The van der Waals surface area contributed by atoms with Crippen LogP contribution in [0.4, 0.5) is 0 Å². The van der Waals surface area contributed by atoms with E-state index in [4.69, 9.17) is 23.2 Å². The van der Waals surface area contributed by atoms with Gasteiger partial charge in [-0.05, 0) is 17.7 Å². The zero-order valence-corrected chi connectivity index (χ0v) is 15.5. The maximum absolute atomic E-state index is 6.26. The molecule has 25 heavy (non-hydrogen) atoms. The van der Waals surface area contributed by atoms with Crippen molar-refractivity contribution in [2.75, 3.05) is 26.2 Å². The molecule has 1 heterocycles. The third-order valence-electron chi connectivity index (χ3n) is 4.29. The SMILES string of the molecule is Cl/C(C=NN1CC[NH+](Cc2ccccc2Cl)CC1)=C\c1ccccc1. The summed E-state index contributed by atoms with van der Waals surface area (Å²) < 4.78 is 0. The Morgan fingerprint density at radius 3 is 2.44 bits per heavy atom. The van der Waals surface area contributed by atoms with Gasteiger partial charge in [-0.1, -0.05) is 71.7 Å². The molecule has 0 aliphatic carbocycles. The second kappa shape index (κ2) is 9.04. The first-order valence-corrected chi connectivity index (χ1v) is 9.24. The average Bonchev–Trinajstić information content (AvgIpc) is 2.64. The van der Waals surface area contributed by atoms with Crippen molar-refractivity contribution >= 4 is 35.5 Å². The summed E-state index contributed by atoms with van der Waals surface area (Å²) in [5.41, 5.74) is 2.29. The van der Waals surface area contributed by atoms with E-state index in [-0.39, 0.29) is 0 Å². The van der Waals surface area contributed by atoms with Gasteiger partial charge in [0.25, 0.3) is 0 Å². The minimum absolute atomic E-state index is 0.636. The Morgan fingerprint density at radius 1 is 1.04 bits per heavy atom. The van der Waals surface area contributed by atoms with Crippen molar-refractivity contribution in [1.82, 2.24) is 5.01 Å². The lowest BCUT2D eigenvalue weighted by atomic mass is 10.2. The molecule has 3 rings (SSSR count). The van der Waals surface area contributed by atoms with Crippen LogP contribution < -0.4 is 4.90 Å². The zero-order valence-electron chi connectivity index (χ0n) is 14.0. The summed E-state index contributed by atoms with van der Waals surface area (Å²) in [5, 5.41) is 8.08. The van der Waals surface area contributed by atoms with Crippen molar-refractivity contribution in [2.45, 2.75) is 6.54 Å². The summed E-state index contributed by atoms with van der Waals surface area (Å²) in [6.07, 6.45) is 3.65. The van der Waals surface area contributed by atoms with E-state index in [1.54, 1.807) is 6.21 Å². The summed E-state index contributed by atoms with van der Waals surface area (Å²) in [5.74, 6) is 0. The first kappa shape index (κ1) is 18.0. The number of piperazine rings is 1. The van der Waals surface area contributed by atoms with Crippen LogP contribution in [0.3, 0.4) is 0 Å². The van der Waals surface area contributed by atoms with E-state index in [0.717, 1.165) is 43.3 Å². The highest BCUT2D eigenvalue weighted by molar-refractivity contribution is 6.41. The van der Waals surface area contributed by atoms with Crippen LogP contribution >= 0.6 is 23.2 Å². The minimum Gasteiger partial charge on any atom is -0.328 e. The lowest BCUT2D eigenvalue weighted by molar-refractivity contribution is -0.918. The number of hydrogen-bond donors (Lipinski definition) is 1. The largest absolute Gasteiger partial charge is 0.328 e. The third-order valence-corrected chi connectivity index (χ3v) is 4.87. The highest BCUT2D eigenvalue weighted by Gasteiger charge is 2.19. The van der Waals surface area contributed by atoms with E-state index in [1.165, 1.54) is 10.5 Å². The van der Waals surface area contributed by atoms with Crippen LogP contribution in [-0.2, 0) is 6.54 Å². The molecule has 2 aromatic carbocycles. The van der Waals surface area contributed by atoms with Crippen molar-refractivity contribution in [1.29, 1.82) is 0 Å². The number of hydrazone groups is 1. The summed E-state index contributed by atoms with van der Waals surface area (Å²) in [6.45, 7) is 4.90. The van der Waals surface area contributed by atoms with Crippen LogP contribution in [0, 0.1) is 0 Å². The molecule has 5 heteroatoms. The normalized spacial score (nSPS) is 16.6. The van der Waals surface area contributed by atoms with Gasteiger partial charge in [-0.15, -0.1) is 0 Å². The fourth-order valence-electron chi connectivity index (χ4n) is 2.90. The Morgan fingerprint density at radius 2 is 1.72 bits per heavy atom. The van der Waals surface area contributed by atoms with Gasteiger partial charge in [0.05, 0.1) is 37.4 Å². The molecule has 3 nitrogen and oxygen atoms in total. The smallest absolute Gasteiger partial charge is 0.104 e. The lowest BCUT2D eigenvalue weighted by Crippen LogP contribution is -3.13. The van der Waals surface area contributed by atoms with E-state index in [0.29, 0.717) is 5.03 Å². The zero-order chi connectivity index (χ0) is 17.5. The Hall–Kier alpha value is -1.81. The highest BCUT2D eigenvalue weighted by Crippen LogP contribution is 2.13. The summed E-state index contributed by atoms with van der Waals surface area (Å²) in [7, 11) is 0. The van der Waals surface area contributed by atoms with Gasteiger partial charge in [0, 0.05) is 10.6 Å². The molecule has 0 spiro atoms. The molecule has 130 valence electrons. The Labute approximate surface area is 159 Å². The molecule has 0 bridgehead atoms. The van der Waals surface area contributed by atoms with Crippen LogP contribution in [-0.4, -0.2) is 37.4 Å². The number of nitrogens with one attached hydrogen (secondary N) is 1. The molecule has 0 aromatic heterocycles. The molecular weight excluding hydrogens is 353 g/mol. The summed E-state index contributed by atoms with van der Waals surface area (Å²) >= 11 is 12.5. The van der Waals surface area contributed by atoms with Crippen molar-refractivity contribution in [2.24, 2.45) is 5.10 Å². The Balaban J connectivity index is 1.49. The fourth-order valence-corrected chi connectivity index (χ4v) is 3.27. The molecule has 1 aliphatic heterocycles. The molecule has 2 aromatic rings. The van der Waals surface area contributed by atoms with Crippen molar-refractivity contribution in [3.63, 3.8) is 0 Å². The second-order valence-electron chi connectivity index (χ2n) is 6.16. The average molecular weight is 375 g/mol. The molecule has 0 amide bonds. The van der Waals surface area contributed by atoms with E-state index in [2.05, 4.69) is 16.2 Å². The number of hydrogen-bond acceptors (Lipinski definition) is 2. The second-order valence-corrected chi connectivity index (χ2v) is 7.00. The molecule has 0 radical (unpaired) electrons. The summed E-state index contributed by atoms with van der Waals surface area (Å²) in [6, 6.07) is 18.1. The van der Waals surface area contributed by atoms with E-state index in [9.17, 15) is 0 Å².